The Kier molecular flexibility index (Phi) is 7.32. The average Bonchev–Trinajstić information content (AvgIpc) is 3.38. The number of hydrogen-bond acceptors (Lipinski definition) is 4. The maximum Gasteiger partial charge on any atom is 0.449 e. The van der Waals surface area contributed by atoms with Gasteiger partial charge in [-0.1, -0.05) is 0 Å². The highest BCUT2D eigenvalue weighted by molar-refractivity contribution is 5.85. The molecule has 0 bridgehead atoms. The summed E-state index contributed by atoms with van der Waals surface area (Å²) in [6, 6.07) is 1.64. The first-order valence-corrected chi connectivity index (χ1v) is 9.90. The quantitative estimate of drug-likeness (QED) is 0.412. The second-order valence-electron chi connectivity index (χ2n) is 7.73. The van der Waals surface area contributed by atoms with Crippen LogP contribution in [0.1, 0.15) is 23.5 Å². The topological polar surface area (TPSA) is 77.3 Å². The normalized spacial score (nSPS) is 14.5. The van der Waals surface area contributed by atoms with Gasteiger partial charge in [-0.2, -0.15) is 13.2 Å². The lowest BCUT2D eigenvalue weighted by atomic mass is 10.0. The summed E-state index contributed by atoms with van der Waals surface area (Å²) < 4.78 is 86.7. The van der Waals surface area contributed by atoms with Crippen molar-refractivity contribution in [1.29, 1.82) is 0 Å². The minimum absolute atomic E-state index is 0. The zero-order valence-electron chi connectivity index (χ0n) is 17.4. The Bertz CT molecular complexity index is 1180. The van der Waals surface area contributed by atoms with Crippen molar-refractivity contribution in [3.05, 3.63) is 65.3 Å². The highest BCUT2D eigenvalue weighted by Crippen LogP contribution is 2.36. The highest BCUT2D eigenvalue weighted by Gasteiger charge is 2.41. The molecule has 1 aliphatic heterocycles. The lowest BCUT2D eigenvalue weighted by molar-refractivity contribution is -0.148. The van der Waals surface area contributed by atoms with Gasteiger partial charge >= 0.3 is 6.18 Å². The summed E-state index contributed by atoms with van der Waals surface area (Å²) >= 11 is 0. The second kappa shape index (κ2) is 9.71. The Balaban J connectivity index is 0.00000324. The minimum atomic E-state index is -4.68. The molecular formula is C21H19ClF6N4O2. The summed E-state index contributed by atoms with van der Waals surface area (Å²) in [6.07, 6.45) is -2.61. The molecule has 13 heteroatoms. The average molecular weight is 509 g/mol. The van der Waals surface area contributed by atoms with Crippen LogP contribution in [0.4, 0.5) is 26.3 Å². The third-order valence-corrected chi connectivity index (χ3v) is 5.42. The van der Waals surface area contributed by atoms with E-state index in [1.165, 1.54) is 23.5 Å². The molecule has 184 valence electrons. The number of nitrogens with zero attached hydrogens (tertiary/aromatic N) is 3. The molecule has 3 aromatic rings. The largest absolute Gasteiger partial charge is 0.472 e. The maximum absolute atomic E-state index is 13.9. The van der Waals surface area contributed by atoms with Crippen LogP contribution >= 0.6 is 12.4 Å². The first-order valence-electron chi connectivity index (χ1n) is 9.90. The molecule has 6 nitrogen and oxygen atoms in total. The van der Waals surface area contributed by atoms with Gasteiger partial charge in [-0.25, -0.2) is 18.2 Å². The van der Waals surface area contributed by atoms with E-state index in [1.807, 2.05) is 0 Å². The van der Waals surface area contributed by atoms with Crippen molar-refractivity contribution in [3.8, 4) is 11.3 Å². The van der Waals surface area contributed by atoms with Gasteiger partial charge < -0.3 is 19.6 Å². The number of fused-ring (bicyclic) bond motifs is 1. The summed E-state index contributed by atoms with van der Waals surface area (Å²) in [5.41, 5.74) is 6.34. The fourth-order valence-corrected chi connectivity index (χ4v) is 3.86. The number of imidazole rings is 1. The van der Waals surface area contributed by atoms with Crippen molar-refractivity contribution < 1.29 is 35.6 Å². The van der Waals surface area contributed by atoms with Crippen LogP contribution in [0.5, 0.6) is 0 Å². The Labute approximate surface area is 195 Å². The van der Waals surface area contributed by atoms with Gasteiger partial charge in [0.15, 0.2) is 11.6 Å². The van der Waals surface area contributed by atoms with Gasteiger partial charge in [-0.05, 0) is 24.1 Å². The monoisotopic (exact) mass is 508 g/mol. The van der Waals surface area contributed by atoms with Crippen LogP contribution < -0.4 is 5.73 Å². The molecule has 0 saturated heterocycles. The molecule has 0 aliphatic carbocycles. The Morgan fingerprint density at radius 1 is 1.15 bits per heavy atom. The van der Waals surface area contributed by atoms with Crippen LogP contribution in [0, 0.1) is 17.5 Å². The first-order chi connectivity index (χ1) is 15.5. The SMILES string of the molecule is Cl.N[C@@H](CC(=O)N1CCn2c(C(F)(F)F)nc(-c3ccoc3)c2C1)Cc1cc(F)c(F)cc1F. The number of halogens is 7. The first kappa shape index (κ1) is 25.6. The van der Waals surface area contributed by atoms with Gasteiger partial charge in [0.25, 0.3) is 0 Å². The molecule has 2 aromatic heterocycles. The molecule has 0 spiro atoms. The zero-order valence-corrected chi connectivity index (χ0v) is 18.2. The highest BCUT2D eigenvalue weighted by atomic mass is 35.5. The molecule has 1 atom stereocenters. The fraction of sp³-hybridized carbons (Fsp3) is 0.333. The number of furan rings is 1. The standard InChI is InChI=1S/C21H18F6N4O2.ClH/c22-14-8-16(24)15(23)6-12(14)5-13(28)7-18(32)30-2-3-31-17(9-30)19(11-1-4-33-10-11)29-20(31)21(25,26)27;/h1,4,6,8,10,13H,2-3,5,7,9,28H2;1H/t13-;/m1./s1. The fourth-order valence-electron chi connectivity index (χ4n) is 3.86. The zero-order chi connectivity index (χ0) is 23.9. The summed E-state index contributed by atoms with van der Waals surface area (Å²) in [6.45, 7) is -0.287. The van der Waals surface area contributed by atoms with Crippen molar-refractivity contribution in [1.82, 2.24) is 14.5 Å². The molecule has 2 N–H and O–H groups in total. The number of benzene rings is 1. The van der Waals surface area contributed by atoms with E-state index in [4.69, 9.17) is 10.2 Å². The van der Waals surface area contributed by atoms with E-state index in [1.54, 1.807) is 0 Å². The molecule has 1 aromatic carbocycles. The van der Waals surface area contributed by atoms with Crippen molar-refractivity contribution in [2.24, 2.45) is 5.73 Å². The van der Waals surface area contributed by atoms with Gasteiger partial charge in [0, 0.05) is 37.2 Å². The van der Waals surface area contributed by atoms with Gasteiger partial charge in [-0.15, -0.1) is 12.4 Å². The molecule has 0 saturated carbocycles. The van der Waals surface area contributed by atoms with Crippen molar-refractivity contribution in [2.45, 2.75) is 38.1 Å². The van der Waals surface area contributed by atoms with Crippen LogP contribution in [0.2, 0.25) is 0 Å². The van der Waals surface area contributed by atoms with Crippen molar-refractivity contribution in [2.75, 3.05) is 6.54 Å². The number of rotatable bonds is 5. The molecule has 0 fully saturated rings. The van der Waals surface area contributed by atoms with Gasteiger partial charge in [0.1, 0.15) is 5.82 Å². The minimum Gasteiger partial charge on any atom is -0.472 e. The number of nitrogens with two attached hydrogens (primary N) is 1. The smallest absolute Gasteiger partial charge is 0.449 e. The van der Waals surface area contributed by atoms with Crippen LogP contribution in [-0.2, 0) is 30.5 Å². The molecule has 3 heterocycles. The lowest BCUT2D eigenvalue weighted by Gasteiger charge is -2.30. The summed E-state index contributed by atoms with van der Waals surface area (Å²) in [5.74, 6) is -5.09. The number of hydrogen-bond donors (Lipinski definition) is 1. The van der Waals surface area contributed by atoms with Crippen LogP contribution in [0.25, 0.3) is 11.3 Å². The lowest BCUT2D eigenvalue weighted by Crippen LogP contribution is -2.42. The third-order valence-electron chi connectivity index (χ3n) is 5.42. The van der Waals surface area contributed by atoms with Gasteiger partial charge in [0.2, 0.25) is 11.7 Å². The molecule has 34 heavy (non-hydrogen) atoms. The number of carbonyl (C=O) groups is 1. The molecule has 1 amide bonds. The predicted octanol–water partition coefficient (Wildman–Crippen LogP) is 4.30. The van der Waals surface area contributed by atoms with E-state index < -0.39 is 41.4 Å². The van der Waals surface area contributed by atoms with Crippen LogP contribution in [0.3, 0.4) is 0 Å². The Hall–Kier alpha value is -2.99. The van der Waals surface area contributed by atoms with Gasteiger partial charge in [0.05, 0.1) is 30.5 Å². The third kappa shape index (κ3) is 5.07. The maximum atomic E-state index is 13.9. The number of carbonyl (C=O) groups excluding carboxylic acids is 1. The van der Waals surface area contributed by atoms with Crippen LogP contribution in [0.15, 0.2) is 35.1 Å². The van der Waals surface area contributed by atoms with Gasteiger partial charge in [-0.3, -0.25) is 4.79 Å². The van der Waals surface area contributed by atoms with E-state index in [-0.39, 0.29) is 61.8 Å². The van der Waals surface area contributed by atoms with Crippen molar-refractivity contribution in [3.63, 3.8) is 0 Å². The number of alkyl halides is 3. The van der Waals surface area contributed by atoms with Crippen LogP contribution in [-0.4, -0.2) is 32.9 Å². The molecule has 0 radical (unpaired) electrons. The predicted molar refractivity (Wildman–Crippen MR) is 110 cm³/mol. The van der Waals surface area contributed by atoms with E-state index in [9.17, 15) is 31.1 Å². The van der Waals surface area contributed by atoms with E-state index >= 15 is 0 Å². The van der Waals surface area contributed by atoms with Crippen molar-refractivity contribution >= 4 is 18.3 Å². The molecule has 1 aliphatic rings. The molecule has 4 rings (SSSR count). The summed E-state index contributed by atoms with van der Waals surface area (Å²) in [5, 5.41) is 0. The Morgan fingerprint density at radius 3 is 2.50 bits per heavy atom. The Morgan fingerprint density at radius 2 is 1.85 bits per heavy atom. The van der Waals surface area contributed by atoms with E-state index in [2.05, 4.69) is 4.98 Å². The molecular weight excluding hydrogens is 490 g/mol. The molecule has 0 unspecified atom stereocenters. The van der Waals surface area contributed by atoms with E-state index in [0.717, 1.165) is 4.57 Å². The summed E-state index contributed by atoms with van der Waals surface area (Å²) in [7, 11) is 0. The number of aromatic nitrogens is 2. The number of amides is 1. The second-order valence-corrected chi connectivity index (χ2v) is 7.73. The van der Waals surface area contributed by atoms with E-state index in [0.29, 0.717) is 17.7 Å². The summed E-state index contributed by atoms with van der Waals surface area (Å²) in [4.78, 5) is 17.8.